The molecule has 3 atom stereocenters. The highest BCUT2D eigenvalue weighted by atomic mass is 79.9. The normalized spacial score (nSPS) is 23.5. The second-order valence-electron chi connectivity index (χ2n) is 6.36. The number of halogens is 1. The van der Waals surface area contributed by atoms with Crippen molar-refractivity contribution in [3.05, 3.63) is 74.3 Å². The van der Waals surface area contributed by atoms with E-state index in [1.54, 1.807) is 19.2 Å². The molecule has 1 heterocycles. The van der Waals surface area contributed by atoms with Crippen LogP contribution in [0.1, 0.15) is 29.5 Å². The Morgan fingerprint density at radius 2 is 2.12 bits per heavy atom. The van der Waals surface area contributed by atoms with E-state index in [-0.39, 0.29) is 22.6 Å². The molecule has 5 nitrogen and oxygen atoms in total. The molecule has 6 heteroatoms. The van der Waals surface area contributed by atoms with E-state index in [1.807, 2.05) is 24.3 Å². The lowest BCUT2D eigenvalue weighted by molar-refractivity contribution is -0.384. The van der Waals surface area contributed by atoms with Crippen LogP contribution in [0.25, 0.3) is 0 Å². The molecule has 2 aliphatic rings. The molecule has 2 aromatic rings. The Morgan fingerprint density at radius 1 is 1.28 bits per heavy atom. The molecule has 0 radical (unpaired) electrons. The second-order valence-corrected chi connectivity index (χ2v) is 7.28. The Morgan fingerprint density at radius 3 is 2.88 bits per heavy atom. The number of ether oxygens (including phenoxy) is 1. The topological polar surface area (TPSA) is 64.4 Å². The molecule has 4 rings (SSSR count). The summed E-state index contributed by atoms with van der Waals surface area (Å²) in [5, 5.41) is 15.0. The van der Waals surface area contributed by atoms with E-state index < -0.39 is 0 Å². The summed E-state index contributed by atoms with van der Waals surface area (Å²) in [6.45, 7) is 0. The molecule has 1 aliphatic carbocycles. The van der Waals surface area contributed by atoms with E-state index >= 15 is 0 Å². The zero-order valence-corrected chi connectivity index (χ0v) is 15.2. The fourth-order valence-corrected chi connectivity index (χ4v) is 4.39. The first-order valence-electron chi connectivity index (χ1n) is 8.14. The van der Waals surface area contributed by atoms with Crippen LogP contribution in [0.4, 0.5) is 11.4 Å². The molecule has 25 heavy (non-hydrogen) atoms. The first kappa shape index (κ1) is 16.1. The quantitative estimate of drug-likeness (QED) is 0.437. The maximum absolute atomic E-state index is 11.5. The molecule has 0 bridgehead atoms. The van der Waals surface area contributed by atoms with Crippen molar-refractivity contribution in [1.29, 1.82) is 0 Å². The van der Waals surface area contributed by atoms with E-state index in [2.05, 4.69) is 33.4 Å². The highest BCUT2D eigenvalue weighted by Crippen LogP contribution is 2.53. The van der Waals surface area contributed by atoms with Crippen LogP contribution in [-0.4, -0.2) is 12.0 Å². The van der Waals surface area contributed by atoms with Crippen molar-refractivity contribution < 1.29 is 9.66 Å². The number of anilines is 1. The van der Waals surface area contributed by atoms with Gasteiger partial charge in [0.15, 0.2) is 0 Å². The van der Waals surface area contributed by atoms with Gasteiger partial charge in [-0.15, -0.1) is 0 Å². The number of methoxy groups -OCH3 is 1. The van der Waals surface area contributed by atoms with Gasteiger partial charge in [-0.3, -0.25) is 10.1 Å². The van der Waals surface area contributed by atoms with Gasteiger partial charge in [0, 0.05) is 22.0 Å². The first-order chi connectivity index (χ1) is 12.1. The van der Waals surface area contributed by atoms with Gasteiger partial charge in [0.1, 0.15) is 11.4 Å². The number of nitro benzene ring substituents is 1. The third kappa shape index (κ3) is 2.61. The number of nitrogens with zero attached hydrogens (tertiary/aromatic N) is 1. The van der Waals surface area contributed by atoms with Crippen LogP contribution in [0, 0.1) is 16.0 Å². The lowest BCUT2D eigenvalue weighted by atomic mass is 9.76. The molecule has 128 valence electrons. The van der Waals surface area contributed by atoms with Gasteiger partial charge in [0.2, 0.25) is 0 Å². The monoisotopic (exact) mass is 400 g/mol. The number of hydrogen-bond donors (Lipinski definition) is 1. The molecule has 0 spiro atoms. The minimum absolute atomic E-state index is 0.0546. The zero-order valence-electron chi connectivity index (χ0n) is 13.6. The minimum Gasteiger partial charge on any atom is -0.496 e. The second kappa shape index (κ2) is 6.19. The average molecular weight is 401 g/mol. The summed E-state index contributed by atoms with van der Waals surface area (Å²) in [6, 6.07) is 11.1. The molecule has 0 aromatic heterocycles. The van der Waals surface area contributed by atoms with Gasteiger partial charge in [-0.25, -0.2) is 0 Å². The minimum atomic E-state index is -0.319. The Bertz CT molecular complexity index is 881. The first-order valence-corrected chi connectivity index (χ1v) is 8.93. The Labute approximate surface area is 154 Å². The lowest BCUT2D eigenvalue weighted by Gasteiger charge is -2.37. The van der Waals surface area contributed by atoms with E-state index in [9.17, 15) is 10.1 Å². The van der Waals surface area contributed by atoms with Crippen LogP contribution >= 0.6 is 15.9 Å². The summed E-state index contributed by atoms with van der Waals surface area (Å²) in [4.78, 5) is 11.2. The van der Waals surface area contributed by atoms with E-state index in [4.69, 9.17) is 4.74 Å². The van der Waals surface area contributed by atoms with Crippen molar-refractivity contribution >= 4 is 27.3 Å². The third-order valence-electron chi connectivity index (χ3n) is 5.10. The molecule has 2 aromatic carbocycles. The number of nitro groups is 1. The lowest BCUT2D eigenvalue weighted by Crippen LogP contribution is -2.29. The molecular formula is C19H17BrN2O3. The number of fused-ring (bicyclic) bond motifs is 3. The van der Waals surface area contributed by atoms with Gasteiger partial charge in [-0.1, -0.05) is 40.2 Å². The number of benzene rings is 2. The van der Waals surface area contributed by atoms with Crippen LogP contribution in [0.2, 0.25) is 0 Å². The van der Waals surface area contributed by atoms with E-state index in [1.165, 1.54) is 0 Å². The Kier molecular flexibility index (Phi) is 4.00. The van der Waals surface area contributed by atoms with Crippen LogP contribution in [0.15, 0.2) is 53.0 Å². The SMILES string of the molecule is COc1ccc(Br)cc1[C@@H]1Nc2c(cccc2[N+](=O)[O-])[C@H]2C=CC[C@@H]21. The maximum Gasteiger partial charge on any atom is 0.292 e. The highest BCUT2D eigenvalue weighted by molar-refractivity contribution is 9.10. The molecule has 1 N–H and O–H groups in total. The Hall–Kier alpha value is -2.34. The van der Waals surface area contributed by atoms with Crippen molar-refractivity contribution in [3.8, 4) is 5.75 Å². The summed E-state index contributed by atoms with van der Waals surface area (Å²) in [7, 11) is 1.65. The van der Waals surface area contributed by atoms with Crippen molar-refractivity contribution in [2.75, 3.05) is 12.4 Å². The van der Waals surface area contributed by atoms with Crippen LogP contribution in [0.3, 0.4) is 0 Å². The van der Waals surface area contributed by atoms with Crippen LogP contribution in [-0.2, 0) is 0 Å². The van der Waals surface area contributed by atoms with Crippen molar-refractivity contribution in [3.63, 3.8) is 0 Å². The van der Waals surface area contributed by atoms with E-state index in [0.717, 1.165) is 27.8 Å². The van der Waals surface area contributed by atoms with Crippen molar-refractivity contribution in [2.45, 2.75) is 18.4 Å². The molecular weight excluding hydrogens is 384 g/mol. The predicted octanol–water partition coefficient (Wildman–Crippen LogP) is 5.19. The Balaban J connectivity index is 1.87. The largest absolute Gasteiger partial charge is 0.496 e. The van der Waals surface area contributed by atoms with Gasteiger partial charge in [0.25, 0.3) is 5.69 Å². The summed E-state index contributed by atoms with van der Waals surface area (Å²) in [5.74, 6) is 1.26. The summed E-state index contributed by atoms with van der Waals surface area (Å²) in [5.41, 5.74) is 2.75. The summed E-state index contributed by atoms with van der Waals surface area (Å²) >= 11 is 3.53. The average Bonchev–Trinajstić information content (AvgIpc) is 3.10. The number of nitrogens with one attached hydrogen (secondary N) is 1. The maximum atomic E-state index is 11.5. The third-order valence-corrected chi connectivity index (χ3v) is 5.59. The van der Waals surface area contributed by atoms with Crippen molar-refractivity contribution in [2.24, 2.45) is 5.92 Å². The van der Waals surface area contributed by atoms with Gasteiger partial charge >= 0.3 is 0 Å². The van der Waals surface area contributed by atoms with Crippen molar-refractivity contribution in [1.82, 2.24) is 0 Å². The smallest absolute Gasteiger partial charge is 0.292 e. The highest BCUT2D eigenvalue weighted by Gasteiger charge is 2.41. The fourth-order valence-electron chi connectivity index (χ4n) is 4.01. The molecule has 0 amide bonds. The molecule has 0 unspecified atom stereocenters. The van der Waals surface area contributed by atoms with Gasteiger partial charge in [-0.05, 0) is 36.1 Å². The zero-order chi connectivity index (χ0) is 17.6. The van der Waals surface area contributed by atoms with Gasteiger partial charge in [0.05, 0.1) is 18.1 Å². The van der Waals surface area contributed by atoms with E-state index in [0.29, 0.717) is 11.6 Å². The number of hydrogen-bond acceptors (Lipinski definition) is 4. The van der Waals surface area contributed by atoms with Crippen LogP contribution in [0.5, 0.6) is 5.75 Å². The summed E-state index contributed by atoms with van der Waals surface area (Å²) in [6.07, 6.45) is 5.27. The summed E-state index contributed by atoms with van der Waals surface area (Å²) < 4.78 is 6.51. The molecule has 1 aliphatic heterocycles. The number of rotatable bonds is 3. The fraction of sp³-hybridized carbons (Fsp3) is 0.263. The standard InChI is InChI=1S/C19H17BrN2O3/c1-25-17-9-8-11(20)10-15(17)18-13-5-2-4-12(13)14-6-3-7-16(22(23)24)19(14)21-18/h2-4,6-10,12-13,18,21H,5H2,1H3/t12-,13-,18+/m0/s1. The van der Waals surface area contributed by atoms with Gasteiger partial charge in [-0.2, -0.15) is 0 Å². The molecule has 0 saturated heterocycles. The van der Waals surface area contributed by atoms with Gasteiger partial charge < -0.3 is 10.1 Å². The predicted molar refractivity (Wildman–Crippen MR) is 100 cm³/mol. The number of para-hydroxylation sites is 1. The number of allylic oxidation sites excluding steroid dienone is 2. The molecule has 0 fully saturated rings. The molecule has 0 saturated carbocycles. The van der Waals surface area contributed by atoms with Crippen LogP contribution < -0.4 is 10.1 Å².